The Balaban J connectivity index is 2.01. The number of aliphatic hydroxyl groups excluding tert-OH is 1. The minimum absolute atomic E-state index is 0.134. The third kappa shape index (κ3) is 4.74. The number of aliphatic hydroxyl groups is 1. The molecule has 0 unspecified atom stereocenters. The number of ketones is 1. The molecule has 0 bridgehead atoms. The molecule has 1 aromatic carbocycles. The molecule has 0 aliphatic carbocycles. The van der Waals surface area contributed by atoms with E-state index in [-0.39, 0.29) is 29.8 Å². The summed E-state index contributed by atoms with van der Waals surface area (Å²) in [5.74, 6) is -0.200. The van der Waals surface area contributed by atoms with Gasteiger partial charge in [-0.2, -0.15) is 0 Å². The standard InChI is InChI=1S/C22H33NO3/c1-15(2)23-13-9-12-19(23)22(26-5)17(4)20(24)14-16(3)21(25)18-10-7-6-8-11-18/h6-8,10-11,16-17,19,21-22,25H,1,9,12-14H2,2-5H3/t16-,17-,19-,21+,22+/m0/s1. The number of allylic oxidation sites excluding steroid dienone is 1. The van der Waals surface area contributed by atoms with Gasteiger partial charge in [0.25, 0.3) is 0 Å². The molecule has 0 spiro atoms. The molecule has 4 nitrogen and oxygen atoms in total. The summed E-state index contributed by atoms with van der Waals surface area (Å²) in [4.78, 5) is 15.2. The summed E-state index contributed by atoms with van der Waals surface area (Å²) in [7, 11) is 1.69. The largest absolute Gasteiger partial charge is 0.388 e. The van der Waals surface area contributed by atoms with Crippen LogP contribution >= 0.6 is 0 Å². The molecule has 1 aliphatic rings. The van der Waals surface area contributed by atoms with Gasteiger partial charge in [0.2, 0.25) is 0 Å². The highest BCUT2D eigenvalue weighted by Gasteiger charge is 2.37. The Bertz CT molecular complexity index is 601. The molecule has 1 fully saturated rings. The molecule has 1 aromatic rings. The number of hydrogen-bond acceptors (Lipinski definition) is 4. The van der Waals surface area contributed by atoms with Gasteiger partial charge in [0.15, 0.2) is 0 Å². The molecule has 0 aromatic heterocycles. The van der Waals surface area contributed by atoms with Crippen molar-refractivity contribution in [3.8, 4) is 0 Å². The van der Waals surface area contributed by atoms with Crippen LogP contribution in [0, 0.1) is 11.8 Å². The molecule has 2 rings (SSSR count). The lowest BCUT2D eigenvalue weighted by atomic mass is 9.85. The van der Waals surface area contributed by atoms with Crippen LogP contribution in [0.1, 0.15) is 51.7 Å². The van der Waals surface area contributed by atoms with Crippen molar-refractivity contribution in [1.29, 1.82) is 0 Å². The second kappa shape index (κ2) is 9.33. The highest BCUT2D eigenvalue weighted by Crippen LogP contribution is 2.31. The molecule has 144 valence electrons. The van der Waals surface area contributed by atoms with Crippen molar-refractivity contribution in [2.24, 2.45) is 11.8 Å². The van der Waals surface area contributed by atoms with Gasteiger partial charge >= 0.3 is 0 Å². The molecule has 26 heavy (non-hydrogen) atoms. The van der Waals surface area contributed by atoms with Gasteiger partial charge in [-0.3, -0.25) is 4.79 Å². The number of Topliss-reactive ketones (excluding diaryl/α,β-unsaturated/α-hetero) is 1. The quantitative estimate of drug-likeness (QED) is 0.725. The smallest absolute Gasteiger partial charge is 0.138 e. The Kier molecular flexibility index (Phi) is 7.42. The van der Waals surface area contributed by atoms with Gasteiger partial charge in [0.1, 0.15) is 5.78 Å². The summed E-state index contributed by atoms with van der Waals surface area (Å²) in [5.41, 5.74) is 1.88. The van der Waals surface area contributed by atoms with Crippen LogP contribution in [-0.4, -0.2) is 41.6 Å². The van der Waals surface area contributed by atoms with Crippen molar-refractivity contribution in [3.63, 3.8) is 0 Å². The molecular formula is C22H33NO3. The van der Waals surface area contributed by atoms with E-state index in [1.54, 1.807) is 7.11 Å². The number of hydrogen-bond donors (Lipinski definition) is 1. The Morgan fingerprint density at radius 3 is 2.58 bits per heavy atom. The molecule has 0 amide bonds. The van der Waals surface area contributed by atoms with Gasteiger partial charge in [-0.15, -0.1) is 0 Å². The summed E-state index contributed by atoms with van der Waals surface area (Å²) in [6.45, 7) is 10.9. The second-order valence-electron chi connectivity index (χ2n) is 7.63. The number of ether oxygens (including phenoxy) is 1. The molecule has 4 heteroatoms. The van der Waals surface area contributed by atoms with Gasteiger partial charge in [0.05, 0.1) is 18.2 Å². The van der Waals surface area contributed by atoms with E-state index in [0.29, 0.717) is 6.42 Å². The van der Waals surface area contributed by atoms with E-state index in [9.17, 15) is 9.90 Å². The number of methoxy groups -OCH3 is 1. The van der Waals surface area contributed by atoms with Crippen LogP contribution < -0.4 is 0 Å². The maximum Gasteiger partial charge on any atom is 0.138 e. The fourth-order valence-corrected chi connectivity index (χ4v) is 4.08. The fraction of sp³-hybridized carbons (Fsp3) is 0.591. The lowest BCUT2D eigenvalue weighted by molar-refractivity contribution is -0.130. The maximum atomic E-state index is 12.9. The zero-order valence-corrected chi connectivity index (χ0v) is 16.5. The molecule has 1 aliphatic heterocycles. The topological polar surface area (TPSA) is 49.8 Å². The van der Waals surface area contributed by atoms with Gasteiger partial charge in [-0.1, -0.05) is 50.8 Å². The first-order valence-electron chi connectivity index (χ1n) is 9.57. The van der Waals surface area contributed by atoms with E-state index >= 15 is 0 Å². The van der Waals surface area contributed by atoms with E-state index in [0.717, 1.165) is 30.6 Å². The van der Waals surface area contributed by atoms with Crippen molar-refractivity contribution in [1.82, 2.24) is 4.90 Å². The number of benzene rings is 1. The minimum atomic E-state index is -0.633. The predicted octanol–water partition coefficient (Wildman–Crippen LogP) is 3.96. The summed E-state index contributed by atoms with van der Waals surface area (Å²) in [6.07, 6.45) is 1.68. The van der Waals surface area contributed by atoms with Crippen molar-refractivity contribution in [3.05, 3.63) is 48.2 Å². The Hall–Kier alpha value is -1.65. The monoisotopic (exact) mass is 359 g/mol. The Labute approximate surface area is 157 Å². The van der Waals surface area contributed by atoms with Crippen LogP contribution in [0.5, 0.6) is 0 Å². The third-order valence-corrected chi connectivity index (χ3v) is 5.64. The van der Waals surface area contributed by atoms with Crippen LogP contribution in [-0.2, 0) is 9.53 Å². The van der Waals surface area contributed by atoms with E-state index in [2.05, 4.69) is 11.5 Å². The highest BCUT2D eigenvalue weighted by molar-refractivity contribution is 5.81. The Morgan fingerprint density at radius 2 is 2.00 bits per heavy atom. The van der Waals surface area contributed by atoms with E-state index in [1.807, 2.05) is 51.1 Å². The molecule has 0 saturated carbocycles. The van der Waals surface area contributed by atoms with Crippen LogP contribution in [0.2, 0.25) is 0 Å². The number of likely N-dealkylation sites (tertiary alicyclic amines) is 1. The van der Waals surface area contributed by atoms with Crippen molar-refractivity contribution in [2.45, 2.75) is 58.3 Å². The third-order valence-electron chi connectivity index (χ3n) is 5.64. The first-order valence-corrected chi connectivity index (χ1v) is 9.57. The van der Waals surface area contributed by atoms with Crippen LogP contribution in [0.3, 0.4) is 0 Å². The van der Waals surface area contributed by atoms with Crippen LogP contribution in [0.25, 0.3) is 0 Å². The first kappa shape index (κ1) is 20.7. The Morgan fingerprint density at radius 1 is 1.35 bits per heavy atom. The maximum absolute atomic E-state index is 12.9. The minimum Gasteiger partial charge on any atom is -0.388 e. The van der Waals surface area contributed by atoms with E-state index in [1.165, 1.54) is 0 Å². The zero-order valence-electron chi connectivity index (χ0n) is 16.5. The molecule has 0 radical (unpaired) electrons. The average molecular weight is 360 g/mol. The predicted molar refractivity (Wildman–Crippen MR) is 105 cm³/mol. The number of rotatable bonds is 9. The number of carbonyl (C=O) groups excluding carboxylic acids is 1. The lowest BCUT2D eigenvalue weighted by Gasteiger charge is -2.35. The molecular weight excluding hydrogens is 326 g/mol. The summed E-state index contributed by atoms with van der Waals surface area (Å²) in [6, 6.07) is 9.73. The van der Waals surface area contributed by atoms with Crippen molar-refractivity contribution < 1.29 is 14.6 Å². The molecule has 1 saturated heterocycles. The zero-order chi connectivity index (χ0) is 19.3. The summed E-state index contributed by atoms with van der Waals surface area (Å²) >= 11 is 0. The van der Waals surface area contributed by atoms with E-state index < -0.39 is 6.10 Å². The molecule has 1 heterocycles. The molecule has 5 atom stereocenters. The second-order valence-corrected chi connectivity index (χ2v) is 7.63. The van der Waals surface area contributed by atoms with Gasteiger partial charge in [0, 0.05) is 31.7 Å². The van der Waals surface area contributed by atoms with Gasteiger partial charge < -0.3 is 14.7 Å². The summed E-state index contributed by atoms with van der Waals surface area (Å²) < 4.78 is 5.76. The van der Waals surface area contributed by atoms with Gasteiger partial charge in [-0.05, 0) is 31.2 Å². The normalized spacial score (nSPS) is 21.9. The summed E-state index contributed by atoms with van der Waals surface area (Å²) in [5, 5.41) is 10.5. The number of nitrogens with zero attached hydrogens (tertiary/aromatic N) is 1. The lowest BCUT2D eigenvalue weighted by Crippen LogP contribution is -2.45. The first-order chi connectivity index (χ1) is 12.4. The fourth-order valence-electron chi connectivity index (χ4n) is 4.08. The van der Waals surface area contributed by atoms with Crippen molar-refractivity contribution >= 4 is 5.78 Å². The highest BCUT2D eigenvalue weighted by atomic mass is 16.5. The van der Waals surface area contributed by atoms with E-state index in [4.69, 9.17) is 4.74 Å². The number of carbonyl (C=O) groups is 1. The van der Waals surface area contributed by atoms with Crippen LogP contribution in [0.4, 0.5) is 0 Å². The average Bonchev–Trinajstić information content (AvgIpc) is 3.12. The van der Waals surface area contributed by atoms with Gasteiger partial charge in [-0.25, -0.2) is 0 Å². The van der Waals surface area contributed by atoms with Crippen molar-refractivity contribution in [2.75, 3.05) is 13.7 Å². The SMILES string of the molecule is C=C(C)N1CCC[C@H]1[C@H](OC)[C@@H](C)C(=O)C[C@H](C)[C@@H](O)c1ccccc1. The van der Waals surface area contributed by atoms with Crippen LogP contribution in [0.15, 0.2) is 42.6 Å². The molecule has 1 N–H and O–H groups in total.